The van der Waals surface area contributed by atoms with Gasteiger partial charge in [0.1, 0.15) is 11.6 Å². The van der Waals surface area contributed by atoms with E-state index in [0.29, 0.717) is 17.0 Å². The number of benzene rings is 3. The lowest BCUT2D eigenvalue weighted by Crippen LogP contribution is -2.28. The van der Waals surface area contributed by atoms with Crippen LogP contribution in [0.25, 0.3) is 0 Å². The molecule has 3 aromatic rings. The molecule has 0 aliphatic heterocycles. The number of hydrogen-bond donors (Lipinski definition) is 2. The summed E-state index contributed by atoms with van der Waals surface area (Å²) in [5, 5.41) is 2.69. The van der Waals surface area contributed by atoms with Gasteiger partial charge in [0.2, 0.25) is 0 Å². The number of amides is 1. The number of anilines is 1. The summed E-state index contributed by atoms with van der Waals surface area (Å²) in [6.07, 6.45) is 0. The van der Waals surface area contributed by atoms with Crippen LogP contribution in [0.2, 0.25) is 0 Å². The molecule has 2 N–H and O–H groups in total. The van der Waals surface area contributed by atoms with Crippen molar-refractivity contribution in [3.8, 4) is 5.75 Å². The molecule has 0 spiro atoms. The number of sulfonamides is 1. The average molecular weight is 457 g/mol. The zero-order chi connectivity index (χ0) is 23.3. The molecule has 0 aliphatic carbocycles. The molecule has 3 aromatic carbocycles. The van der Waals surface area contributed by atoms with E-state index in [9.17, 15) is 17.6 Å². The van der Waals surface area contributed by atoms with Crippen LogP contribution >= 0.6 is 0 Å². The van der Waals surface area contributed by atoms with Crippen LogP contribution in [-0.2, 0) is 21.4 Å². The number of aryl methyl sites for hydroxylation is 3. The summed E-state index contributed by atoms with van der Waals surface area (Å²) in [4.78, 5) is 12.1. The molecule has 3 rings (SSSR count). The van der Waals surface area contributed by atoms with Crippen molar-refractivity contribution in [1.82, 2.24) is 5.32 Å². The van der Waals surface area contributed by atoms with Crippen LogP contribution in [0, 0.1) is 26.6 Å². The van der Waals surface area contributed by atoms with Crippen molar-refractivity contribution < 1.29 is 22.3 Å². The summed E-state index contributed by atoms with van der Waals surface area (Å²) in [5.74, 6) is -0.276. The highest BCUT2D eigenvalue weighted by molar-refractivity contribution is 7.92. The van der Waals surface area contributed by atoms with Gasteiger partial charge in [-0.2, -0.15) is 0 Å². The Balaban J connectivity index is 1.59. The van der Waals surface area contributed by atoms with Crippen LogP contribution in [0.4, 0.5) is 10.1 Å². The fraction of sp³-hybridized carbons (Fsp3) is 0.208. The van der Waals surface area contributed by atoms with Gasteiger partial charge in [0.05, 0.1) is 4.90 Å². The highest BCUT2D eigenvalue weighted by Gasteiger charge is 2.16. The number of ether oxygens (including phenoxy) is 1. The van der Waals surface area contributed by atoms with Gasteiger partial charge < -0.3 is 10.1 Å². The Morgan fingerprint density at radius 2 is 1.62 bits per heavy atom. The van der Waals surface area contributed by atoms with Crippen molar-refractivity contribution in [2.24, 2.45) is 0 Å². The largest absolute Gasteiger partial charge is 0.484 e. The first-order valence-corrected chi connectivity index (χ1v) is 11.5. The van der Waals surface area contributed by atoms with Crippen molar-refractivity contribution in [3.05, 3.63) is 88.7 Å². The van der Waals surface area contributed by atoms with Crippen LogP contribution < -0.4 is 14.8 Å². The molecular weight excluding hydrogens is 431 g/mol. The maximum Gasteiger partial charge on any atom is 0.261 e. The predicted octanol–water partition coefficient (Wildman–Crippen LogP) is 4.25. The van der Waals surface area contributed by atoms with E-state index >= 15 is 0 Å². The Morgan fingerprint density at radius 1 is 0.906 bits per heavy atom. The second-order valence-electron chi connectivity index (χ2n) is 7.52. The van der Waals surface area contributed by atoms with Gasteiger partial charge in [-0.25, -0.2) is 12.8 Å². The van der Waals surface area contributed by atoms with Crippen molar-refractivity contribution in [2.75, 3.05) is 11.3 Å². The van der Waals surface area contributed by atoms with E-state index in [4.69, 9.17) is 4.74 Å². The molecule has 0 radical (unpaired) electrons. The Morgan fingerprint density at radius 3 is 2.28 bits per heavy atom. The van der Waals surface area contributed by atoms with Crippen molar-refractivity contribution in [2.45, 2.75) is 32.2 Å². The zero-order valence-electron chi connectivity index (χ0n) is 18.1. The van der Waals surface area contributed by atoms with Gasteiger partial charge in [0.15, 0.2) is 6.61 Å². The first-order chi connectivity index (χ1) is 15.1. The van der Waals surface area contributed by atoms with Gasteiger partial charge in [-0.3, -0.25) is 9.52 Å². The van der Waals surface area contributed by atoms with Gasteiger partial charge in [-0.1, -0.05) is 18.2 Å². The Kier molecular flexibility index (Phi) is 7.15. The molecule has 0 aliphatic rings. The van der Waals surface area contributed by atoms with Gasteiger partial charge in [-0.15, -0.1) is 0 Å². The molecule has 0 saturated carbocycles. The van der Waals surface area contributed by atoms with Crippen molar-refractivity contribution in [1.29, 1.82) is 0 Å². The Bertz CT molecular complexity index is 1230. The molecule has 0 atom stereocenters. The van der Waals surface area contributed by atoms with E-state index in [-0.39, 0.29) is 29.8 Å². The number of hydrogen-bond acceptors (Lipinski definition) is 4. The second kappa shape index (κ2) is 9.82. The molecule has 0 bridgehead atoms. The highest BCUT2D eigenvalue weighted by Crippen LogP contribution is 2.24. The number of halogens is 1. The van der Waals surface area contributed by atoms with E-state index in [0.717, 1.165) is 16.7 Å². The topological polar surface area (TPSA) is 84.5 Å². The monoisotopic (exact) mass is 456 g/mol. The van der Waals surface area contributed by atoms with Crippen molar-refractivity contribution in [3.63, 3.8) is 0 Å². The molecule has 0 unspecified atom stereocenters. The third kappa shape index (κ3) is 6.07. The third-order valence-corrected chi connectivity index (χ3v) is 6.36. The van der Waals surface area contributed by atoms with Gasteiger partial charge in [-0.05, 0) is 85.5 Å². The molecular formula is C24H25FN2O4S. The first-order valence-electron chi connectivity index (χ1n) is 9.99. The summed E-state index contributed by atoms with van der Waals surface area (Å²) < 4.78 is 46.5. The minimum Gasteiger partial charge on any atom is -0.484 e. The van der Waals surface area contributed by atoms with Crippen LogP contribution in [0.1, 0.15) is 22.3 Å². The first kappa shape index (κ1) is 23.3. The molecule has 0 heterocycles. The predicted molar refractivity (Wildman–Crippen MR) is 122 cm³/mol. The minimum absolute atomic E-state index is 0.0985. The minimum atomic E-state index is -3.77. The summed E-state index contributed by atoms with van der Waals surface area (Å²) in [7, 11) is -3.77. The molecule has 6 nitrogen and oxygen atoms in total. The van der Waals surface area contributed by atoms with Crippen LogP contribution in [0.3, 0.4) is 0 Å². The lowest BCUT2D eigenvalue weighted by Gasteiger charge is -2.13. The van der Waals surface area contributed by atoms with Crippen LogP contribution in [-0.4, -0.2) is 20.9 Å². The second-order valence-corrected chi connectivity index (χ2v) is 9.21. The average Bonchev–Trinajstić information content (AvgIpc) is 2.75. The smallest absolute Gasteiger partial charge is 0.261 e. The normalized spacial score (nSPS) is 11.1. The maximum absolute atomic E-state index is 12.9. The molecule has 0 aromatic heterocycles. The summed E-state index contributed by atoms with van der Waals surface area (Å²) in [5.41, 5.74) is 3.90. The molecule has 168 valence electrons. The standard InChI is InChI=1S/C24H25FN2O4S/c1-16-4-9-21(12-17(16)2)27-32(29,30)22-10-11-23(18(3)13-22)31-15-24(28)26-14-19-5-7-20(25)8-6-19/h4-13,27H,14-15H2,1-3H3,(H,26,28). The van der Waals surface area contributed by atoms with E-state index < -0.39 is 10.0 Å². The van der Waals surface area contributed by atoms with Gasteiger partial charge in [0.25, 0.3) is 15.9 Å². The Hall–Kier alpha value is -3.39. The molecule has 0 fully saturated rings. The third-order valence-electron chi connectivity index (χ3n) is 4.98. The van der Waals surface area contributed by atoms with E-state index in [2.05, 4.69) is 10.0 Å². The van der Waals surface area contributed by atoms with Crippen LogP contribution in [0.15, 0.2) is 65.6 Å². The lowest BCUT2D eigenvalue weighted by atomic mass is 10.1. The zero-order valence-corrected chi connectivity index (χ0v) is 18.9. The lowest BCUT2D eigenvalue weighted by molar-refractivity contribution is -0.123. The van der Waals surface area contributed by atoms with Gasteiger partial charge in [0, 0.05) is 12.2 Å². The van der Waals surface area contributed by atoms with E-state index in [1.807, 2.05) is 19.9 Å². The number of carbonyl (C=O) groups excluding carboxylic acids is 1. The molecule has 8 heteroatoms. The molecule has 0 saturated heterocycles. The Labute approximate surface area is 187 Å². The van der Waals surface area contributed by atoms with E-state index in [1.54, 1.807) is 31.2 Å². The number of rotatable bonds is 8. The van der Waals surface area contributed by atoms with Crippen LogP contribution in [0.5, 0.6) is 5.75 Å². The molecule has 32 heavy (non-hydrogen) atoms. The number of carbonyl (C=O) groups is 1. The fourth-order valence-electron chi connectivity index (χ4n) is 2.97. The summed E-state index contributed by atoms with van der Waals surface area (Å²) in [6, 6.07) is 15.6. The fourth-order valence-corrected chi connectivity index (χ4v) is 4.10. The molecule has 1 amide bonds. The summed E-state index contributed by atoms with van der Waals surface area (Å²) >= 11 is 0. The SMILES string of the molecule is Cc1ccc(NS(=O)(=O)c2ccc(OCC(=O)NCc3ccc(F)cc3)c(C)c2)cc1C. The maximum atomic E-state index is 12.9. The van der Waals surface area contributed by atoms with E-state index in [1.165, 1.54) is 30.3 Å². The highest BCUT2D eigenvalue weighted by atomic mass is 32.2. The summed E-state index contributed by atoms with van der Waals surface area (Å²) in [6.45, 7) is 5.61. The quantitative estimate of drug-likeness (QED) is 0.531. The van der Waals surface area contributed by atoms with Gasteiger partial charge >= 0.3 is 0 Å². The number of nitrogens with one attached hydrogen (secondary N) is 2. The van der Waals surface area contributed by atoms with Crippen molar-refractivity contribution >= 4 is 21.6 Å².